The van der Waals surface area contributed by atoms with E-state index in [4.69, 9.17) is 4.74 Å². The zero-order valence-corrected chi connectivity index (χ0v) is 15.0. The number of hydrogen-bond acceptors (Lipinski definition) is 5. The Morgan fingerprint density at radius 2 is 1.93 bits per heavy atom. The molecule has 0 unspecified atom stereocenters. The van der Waals surface area contributed by atoms with Crippen LogP contribution in [-0.2, 0) is 17.7 Å². The number of carbonyl (C=O) groups excluding carboxylic acids is 1. The molecule has 2 aromatic heterocycles. The maximum atomic E-state index is 13.1. The fourth-order valence-corrected chi connectivity index (χ4v) is 2.98. The Morgan fingerprint density at radius 1 is 1.22 bits per heavy atom. The van der Waals surface area contributed by atoms with Gasteiger partial charge in [-0.3, -0.25) is 9.78 Å². The van der Waals surface area contributed by atoms with Crippen molar-refractivity contribution in [1.82, 2.24) is 9.55 Å². The van der Waals surface area contributed by atoms with Crippen molar-refractivity contribution >= 4 is 17.0 Å². The van der Waals surface area contributed by atoms with E-state index in [0.717, 1.165) is 11.1 Å². The van der Waals surface area contributed by atoms with Crippen LogP contribution in [0.15, 0.2) is 41.3 Å². The van der Waals surface area contributed by atoms with E-state index in [1.54, 1.807) is 38.2 Å². The molecule has 7 heteroatoms. The van der Waals surface area contributed by atoms with E-state index >= 15 is 0 Å². The smallest absolute Gasteiger partial charge is 0.347 e. The number of aromatic hydroxyl groups is 1. The molecule has 0 aliphatic rings. The van der Waals surface area contributed by atoms with E-state index in [1.165, 1.54) is 16.7 Å². The molecule has 0 fully saturated rings. The average molecular weight is 370 g/mol. The topological polar surface area (TPSA) is 81.4 Å². The lowest BCUT2D eigenvalue weighted by Gasteiger charge is -2.13. The summed E-state index contributed by atoms with van der Waals surface area (Å²) in [5.41, 5.74) is 1.22. The van der Waals surface area contributed by atoms with Crippen LogP contribution >= 0.6 is 0 Å². The summed E-state index contributed by atoms with van der Waals surface area (Å²) in [4.78, 5) is 29.0. The second-order valence-corrected chi connectivity index (χ2v) is 6.01. The van der Waals surface area contributed by atoms with Crippen LogP contribution in [0.25, 0.3) is 11.0 Å². The zero-order chi connectivity index (χ0) is 19.6. The molecule has 3 aromatic rings. The van der Waals surface area contributed by atoms with Crippen LogP contribution in [-0.4, -0.2) is 27.2 Å². The molecule has 0 spiro atoms. The Bertz CT molecular complexity index is 1060. The summed E-state index contributed by atoms with van der Waals surface area (Å²) < 4.78 is 19.3. The van der Waals surface area contributed by atoms with E-state index in [1.807, 2.05) is 0 Å². The Balaban J connectivity index is 2.13. The number of hydrogen-bond donors (Lipinski definition) is 1. The molecule has 0 saturated heterocycles. The van der Waals surface area contributed by atoms with E-state index in [-0.39, 0.29) is 17.9 Å². The van der Waals surface area contributed by atoms with Gasteiger partial charge in [0.25, 0.3) is 5.56 Å². The number of fused-ring (bicyclic) bond motifs is 1. The van der Waals surface area contributed by atoms with Crippen molar-refractivity contribution in [2.45, 2.75) is 26.8 Å². The van der Waals surface area contributed by atoms with Crippen molar-refractivity contribution in [3.8, 4) is 5.75 Å². The summed E-state index contributed by atoms with van der Waals surface area (Å²) in [5.74, 6) is -1.67. The Kier molecular flexibility index (Phi) is 5.21. The SMILES string of the molecule is CCOC(=O)c1c(O)c2ncc(Cc3ccc(F)cc3)cc2n(CC)c1=O. The number of halogens is 1. The van der Waals surface area contributed by atoms with Crippen LogP contribution in [0.4, 0.5) is 4.39 Å². The highest BCUT2D eigenvalue weighted by Gasteiger charge is 2.23. The molecule has 2 heterocycles. The molecule has 1 N–H and O–H groups in total. The highest BCUT2D eigenvalue weighted by atomic mass is 19.1. The highest BCUT2D eigenvalue weighted by Crippen LogP contribution is 2.26. The molecule has 0 aliphatic heterocycles. The monoisotopic (exact) mass is 370 g/mol. The van der Waals surface area contributed by atoms with Gasteiger partial charge in [0.1, 0.15) is 11.3 Å². The Morgan fingerprint density at radius 3 is 2.56 bits per heavy atom. The Hall–Kier alpha value is -3.22. The summed E-state index contributed by atoms with van der Waals surface area (Å²) in [6, 6.07) is 7.85. The fraction of sp³-hybridized carbons (Fsp3) is 0.250. The van der Waals surface area contributed by atoms with E-state index in [2.05, 4.69) is 4.98 Å². The second kappa shape index (κ2) is 7.57. The summed E-state index contributed by atoms with van der Waals surface area (Å²) in [6.45, 7) is 3.77. The lowest BCUT2D eigenvalue weighted by atomic mass is 10.1. The van der Waals surface area contributed by atoms with Gasteiger partial charge in [-0.15, -0.1) is 0 Å². The van der Waals surface area contributed by atoms with Gasteiger partial charge in [-0.2, -0.15) is 0 Å². The van der Waals surface area contributed by atoms with Gasteiger partial charge >= 0.3 is 5.97 Å². The minimum atomic E-state index is -0.874. The quantitative estimate of drug-likeness (QED) is 0.698. The minimum Gasteiger partial charge on any atom is -0.505 e. The van der Waals surface area contributed by atoms with Crippen molar-refractivity contribution in [3.63, 3.8) is 0 Å². The average Bonchev–Trinajstić information content (AvgIpc) is 2.64. The molecule has 0 amide bonds. The van der Waals surface area contributed by atoms with Crippen molar-refractivity contribution in [1.29, 1.82) is 0 Å². The van der Waals surface area contributed by atoms with Crippen LogP contribution < -0.4 is 5.56 Å². The number of aryl methyl sites for hydroxylation is 1. The van der Waals surface area contributed by atoms with Crippen molar-refractivity contribution in [2.24, 2.45) is 0 Å². The number of rotatable bonds is 5. The first kappa shape index (κ1) is 18.6. The third kappa shape index (κ3) is 3.53. The van der Waals surface area contributed by atoms with Gasteiger partial charge < -0.3 is 14.4 Å². The summed E-state index contributed by atoms with van der Waals surface area (Å²) in [5, 5.41) is 10.4. The standard InChI is InChI=1S/C20H19FN2O4/c1-3-23-15-10-13(9-12-5-7-14(21)8-6-12)11-22-17(15)18(24)16(19(23)25)20(26)27-4-2/h5-8,10-11,24H,3-4,9H2,1-2H3. The zero-order valence-electron chi connectivity index (χ0n) is 15.0. The molecule has 0 atom stereocenters. The van der Waals surface area contributed by atoms with Crippen molar-refractivity contribution in [2.75, 3.05) is 6.61 Å². The number of ether oxygens (including phenoxy) is 1. The normalized spacial score (nSPS) is 10.9. The molecule has 6 nitrogen and oxygen atoms in total. The molecule has 1 aromatic carbocycles. The van der Waals surface area contributed by atoms with Gasteiger partial charge in [0.15, 0.2) is 11.3 Å². The molecule has 27 heavy (non-hydrogen) atoms. The first-order valence-corrected chi connectivity index (χ1v) is 8.62. The molecule has 0 saturated carbocycles. The number of aromatic nitrogens is 2. The molecular weight excluding hydrogens is 351 g/mol. The lowest BCUT2D eigenvalue weighted by Crippen LogP contribution is -2.27. The number of nitrogens with zero attached hydrogens (tertiary/aromatic N) is 2. The first-order valence-electron chi connectivity index (χ1n) is 8.62. The molecule has 3 rings (SSSR count). The summed E-state index contributed by atoms with van der Waals surface area (Å²) in [7, 11) is 0. The predicted molar refractivity (Wildman–Crippen MR) is 98.5 cm³/mol. The van der Waals surface area contributed by atoms with Crippen LogP contribution in [0.2, 0.25) is 0 Å². The van der Waals surface area contributed by atoms with Crippen LogP contribution in [0.1, 0.15) is 35.3 Å². The molecular formula is C20H19FN2O4. The largest absolute Gasteiger partial charge is 0.505 e. The first-order chi connectivity index (χ1) is 13.0. The number of benzene rings is 1. The number of esters is 1. The third-order valence-corrected chi connectivity index (χ3v) is 4.25. The van der Waals surface area contributed by atoms with E-state index < -0.39 is 22.8 Å². The summed E-state index contributed by atoms with van der Waals surface area (Å²) in [6.07, 6.45) is 2.05. The van der Waals surface area contributed by atoms with Crippen LogP contribution in [0, 0.1) is 5.82 Å². The number of carbonyl (C=O) groups is 1. The van der Waals surface area contributed by atoms with Gasteiger partial charge in [-0.1, -0.05) is 12.1 Å². The van der Waals surface area contributed by atoms with Crippen LogP contribution in [0.3, 0.4) is 0 Å². The van der Waals surface area contributed by atoms with Gasteiger partial charge in [0, 0.05) is 12.7 Å². The lowest BCUT2D eigenvalue weighted by molar-refractivity contribution is 0.0520. The Labute approximate surface area is 154 Å². The van der Waals surface area contributed by atoms with Crippen molar-refractivity contribution < 1.29 is 19.0 Å². The third-order valence-electron chi connectivity index (χ3n) is 4.25. The van der Waals surface area contributed by atoms with Crippen LogP contribution in [0.5, 0.6) is 5.75 Å². The summed E-state index contributed by atoms with van der Waals surface area (Å²) >= 11 is 0. The van der Waals surface area contributed by atoms with E-state index in [9.17, 15) is 19.1 Å². The van der Waals surface area contributed by atoms with Gasteiger partial charge in [-0.05, 0) is 49.6 Å². The maximum absolute atomic E-state index is 13.1. The molecule has 0 bridgehead atoms. The minimum absolute atomic E-state index is 0.0892. The highest BCUT2D eigenvalue weighted by molar-refractivity contribution is 5.98. The maximum Gasteiger partial charge on any atom is 0.347 e. The van der Waals surface area contributed by atoms with E-state index in [0.29, 0.717) is 18.5 Å². The van der Waals surface area contributed by atoms with Gasteiger partial charge in [-0.25, -0.2) is 9.18 Å². The van der Waals surface area contributed by atoms with Gasteiger partial charge in [0.05, 0.1) is 12.1 Å². The molecule has 0 radical (unpaired) electrons. The van der Waals surface area contributed by atoms with Crippen molar-refractivity contribution in [3.05, 3.63) is 69.4 Å². The fourth-order valence-electron chi connectivity index (χ4n) is 2.98. The molecule has 0 aliphatic carbocycles. The number of pyridine rings is 2. The second-order valence-electron chi connectivity index (χ2n) is 6.01. The predicted octanol–water partition coefficient (Wildman–Crippen LogP) is 3.03. The molecule has 140 valence electrons. The van der Waals surface area contributed by atoms with Gasteiger partial charge in [0.2, 0.25) is 0 Å².